The molecule has 2 atom stereocenters. The van der Waals surface area contributed by atoms with Gasteiger partial charge in [-0.2, -0.15) is 0 Å². The number of ether oxygens (including phenoxy) is 2. The van der Waals surface area contributed by atoms with Gasteiger partial charge in [0.15, 0.2) is 5.78 Å². The molecule has 7 heteroatoms. The van der Waals surface area contributed by atoms with Crippen molar-refractivity contribution in [1.82, 2.24) is 5.32 Å². The fraction of sp³-hybridized carbons (Fsp3) is 0.250. The highest BCUT2D eigenvalue weighted by atomic mass is 35.5. The molecule has 1 N–H and O–H groups in total. The summed E-state index contributed by atoms with van der Waals surface area (Å²) in [7, 11) is 1.63. The third kappa shape index (κ3) is 5.75. The van der Waals surface area contributed by atoms with Crippen LogP contribution in [0.5, 0.6) is 5.75 Å². The summed E-state index contributed by atoms with van der Waals surface area (Å²) in [6.45, 7) is 2.07. The van der Waals surface area contributed by atoms with Crippen LogP contribution in [0.1, 0.15) is 48.3 Å². The number of dihydropyridines is 1. The molecule has 3 aromatic rings. The standard InChI is InChI=1S/C32H29Cl2NO4/c1-19-29(32(37)39-15-14-20-6-4-3-5-7-20)30(25-13-10-23(33)18-26(25)34)31-27(35-19)16-22(17-28(31)36)21-8-11-24(38-2)12-9-21/h3-13,18,22,30,35H,14-17H2,1-2H3/t22-,30+/m0/s1. The molecular formula is C32H29Cl2NO4. The van der Waals surface area contributed by atoms with E-state index in [9.17, 15) is 9.59 Å². The second-order valence-corrected chi connectivity index (χ2v) is 10.7. The lowest BCUT2D eigenvalue weighted by Gasteiger charge is -2.37. The Kier molecular flexibility index (Phi) is 8.10. The van der Waals surface area contributed by atoms with Gasteiger partial charge in [0.25, 0.3) is 0 Å². The van der Waals surface area contributed by atoms with Crippen molar-refractivity contribution in [3.8, 4) is 5.75 Å². The number of halogens is 2. The van der Waals surface area contributed by atoms with E-state index in [1.165, 1.54) is 0 Å². The molecule has 3 aromatic carbocycles. The van der Waals surface area contributed by atoms with Crippen LogP contribution in [0.25, 0.3) is 0 Å². The highest BCUT2D eigenvalue weighted by Crippen LogP contribution is 2.47. The van der Waals surface area contributed by atoms with Crippen molar-refractivity contribution in [2.75, 3.05) is 13.7 Å². The third-order valence-corrected chi connectivity index (χ3v) is 7.94. The van der Waals surface area contributed by atoms with Gasteiger partial charge in [-0.25, -0.2) is 4.79 Å². The number of hydrogen-bond acceptors (Lipinski definition) is 5. The lowest BCUT2D eigenvalue weighted by Crippen LogP contribution is -2.36. The van der Waals surface area contributed by atoms with Crippen molar-refractivity contribution in [3.05, 3.63) is 122 Å². The van der Waals surface area contributed by atoms with Crippen LogP contribution < -0.4 is 10.1 Å². The zero-order chi connectivity index (χ0) is 27.5. The van der Waals surface area contributed by atoms with Gasteiger partial charge in [-0.3, -0.25) is 4.79 Å². The average Bonchev–Trinajstić information content (AvgIpc) is 2.93. The Morgan fingerprint density at radius 3 is 2.44 bits per heavy atom. The van der Waals surface area contributed by atoms with Gasteiger partial charge in [0.2, 0.25) is 0 Å². The van der Waals surface area contributed by atoms with Crippen molar-refractivity contribution >= 4 is 35.0 Å². The smallest absolute Gasteiger partial charge is 0.336 e. The van der Waals surface area contributed by atoms with E-state index in [0.717, 1.165) is 22.6 Å². The second-order valence-electron chi connectivity index (χ2n) is 9.83. The molecular weight excluding hydrogens is 533 g/mol. The Labute approximate surface area is 238 Å². The fourth-order valence-corrected chi connectivity index (χ4v) is 5.97. The minimum Gasteiger partial charge on any atom is -0.497 e. The summed E-state index contributed by atoms with van der Waals surface area (Å²) < 4.78 is 11.0. The van der Waals surface area contributed by atoms with Crippen LogP contribution in [0.15, 0.2) is 95.3 Å². The normalized spacial score (nSPS) is 18.9. The summed E-state index contributed by atoms with van der Waals surface area (Å²) in [5.74, 6) is -0.378. The first-order valence-electron chi connectivity index (χ1n) is 12.9. The van der Waals surface area contributed by atoms with Crippen LogP contribution in [0.2, 0.25) is 10.0 Å². The zero-order valence-corrected chi connectivity index (χ0v) is 23.3. The minimum absolute atomic E-state index is 0.00294. The summed E-state index contributed by atoms with van der Waals surface area (Å²) in [5.41, 5.74) is 5.20. The molecule has 0 radical (unpaired) electrons. The largest absolute Gasteiger partial charge is 0.497 e. The molecule has 0 bridgehead atoms. The summed E-state index contributed by atoms with van der Waals surface area (Å²) in [5, 5.41) is 4.26. The maximum atomic E-state index is 13.8. The van der Waals surface area contributed by atoms with Gasteiger partial charge in [0, 0.05) is 45.8 Å². The quantitative estimate of drug-likeness (QED) is 0.310. The molecule has 1 aliphatic heterocycles. The Morgan fingerprint density at radius 2 is 1.74 bits per heavy atom. The zero-order valence-electron chi connectivity index (χ0n) is 21.8. The topological polar surface area (TPSA) is 64.6 Å². The summed E-state index contributed by atoms with van der Waals surface area (Å²) >= 11 is 12.9. The molecule has 2 aliphatic rings. The number of hydrogen-bond donors (Lipinski definition) is 1. The van der Waals surface area contributed by atoms with Gasteiger partial charge in [-0.1, -0.05) is 71.7 Å². The van der Waals surface area contributed by atoms with Gasteiger partial charge in [0.05, 0.1) is 19.3 Å². The molecule has 39 heavy (non-hydrogen) atoms. The molecule has 0 aromatic heterocycles. The van der Waals surface area contributed by atoms with Crippen molar-refractivity contribution in [2.24, 2.45) is 0 Å². The van der Waals surface area contributed by atoms with Crippen LogP contribution in [-0.4, -0.2) is 25.5 Å². The molecule has 1 aliphatic carbocycles. The Hall–Kier alpha value is -3.54. The van der Waals surface area contributed by atoms with Crippen molar-refractivity contribution < 1.29 is 19.1 Å². The number of Topliss-reactive ketones (excluding diaryl/α,β-unsaturated/α-hetero) is 1. The molecule has 0 spiro atoms. The van der Waals surface area contributed by atoms with Crippen molar-refractivity contribution in [1.29, 1.82) is 0 Å². The van der Waals surface area contributed by atoms with E-state index in [2.05, 4.69) is 5.32 Å². The Balaban J connectivity index is 1.48. The van der Waals surface area contributed by atoms with Crippen LogP contribution in [0.3, 0.4) is 0 Å². The average molecular weight is 562 g/mol. The van der Waals surface area contributed by atoms with Gasteiger partial charge in [-0.15, -0.1) is 0 Å². The van der Waals surface area contributed by atoms with E-state index in [1.807, 2.05) is 61.5 Å². The second kappa shape index (κ2) is 11.7. The molecule has 0 fully saturated rings. The van der Waals surface area contributed by atoms with E-state index in [1.54, 1.807) is 25.3 Å². The van der Waals surface area contributed by atoms with Crippen LogP contribution in [0.4, 0.5) is 0 Å². The molecule has 0 saturated heterocycles. The Bertz CT molecular complexity index is 1460. The SMILES string of the molecule is COc1ccc([C@@H]2CC(=O)C3=C(C2)NC(C)=C(C(=O)OCCc2ccccc2)[C@H]3c2ccc(Cl)cc2Cl)cc1. The number of carbonyl (C=O) groups is 2. The number of rotatable bonds is 7. The molecule has 0 amide bonds. The molecule has 5 nitrogen and oxygen atoms in total. The van der Waals surface area contributed by atoms with Gasteiger partial charge < -0.3 is 14.8 Å². The number of carbonyl (C=O) groups excluding carboxylic acids is 2. The van der Waals surface area contributed by atoms with Gasteiger partial charge >= 0.3 is 5.97 Å². The van der Waals surface area contributed by atoms with E-state index in [0.29, 0.717) is 51.7 Å². The van der Waals surface area contributed by atoms with E-state index >= 15 is 0 Å². The van der Waals surface area contributed by atoms with Crippen molar-refractivity contribution in [3.63, 3.8) is 0 Å². The van der Waals surface area contributed by atoms with Crippen LogP contribution in [0, 0.1) is 0 Å². The van der Waals surface area contributed by atoms with Crippen molar-refractivity contribution in [2.45, 2.75) is 38.0 Å². The number of allylic oxidation sites excluding steroid dienone is 3. The maximum absolute atomic E-state index is 13.8. The molecule has 5 rings (SSSR count). The predicted molar refractivity (Wildman–Crippen MR) is 153 cm³/mol. The maximum Gasteiger partial charge on any atom is 0.336 e. The summed E-state index contributed by atoms with van der Waals surface area (Å²) in [6.07, 6.45) is 1.54. The number of benzene rings is 3. The highest BCUT2D eigenvalue weighted by Gasteiger charge is 2.42. The van der Waals surface area contributed by atoms with E-state index in [-0.39, 0.29) is 18.3 Å². The van der Waals surface area contributed by atoms with Gasteiger partial charge in [0.1, 0.15) is 5.75 Å². The van der Waals surface area contributed by atoms with E-state index in [4.69, 9.17) is 32.7 Å². The summed E-state index contributed by atoms with van der Waals surface area (Å²) in [4.78, 5) is 27.4. The Morgan fingerprint density at radius 1 is 1.00 bits per heavy atom. The number of methoxy groups -OCH3 is 1. The monoisotopic (exact) mass is 561 g/mol. The molecule has 200 valence electrons. The number of esters is 1. The number of nitrogens with one attached hydrogen (secondary N) is 1. The summed E-state index contributed by atoms with van der Waals surface area (Å²) in [6, 6.07) is 22.8. The molecule has 0 saturated carbocycles. The highest BCUT2D eigenvalue weighted by molar-refractivity contribution is 6.35. The third-order valence-electron chi connectivity index (χ3n) is 7.37. The predicted octanol–water partition coefficient (Wildman–Crippen LogP) is 7.15. The van der Waals surface area contributed by atoms with E-state index < -0.39 is 11.9 Å². The molecule has 0 unspecified atom stereocenters. The fourth-order valence-electron chi connectivity index (χ4n) is 5.45. The number of ketones is 1. The first-order chi connectivity index (χ1) is 18.9. The minimum atomic E-state index is -0.653. The lowest BCUT2D eigenvalue weighted by molar-refractivity contribution is -0.139. The van der Waals surface area contributed by atoms with Gasteiger partial charge in [-0.05, 0) is 60.2 Å². The first kappa shape index (κ1) is 27.0. The van der Waals surface area contributed by atoms with Crippen LogP contribution in [-0.2, 0) is 20.7 Å². The lowest BCUT2D eigenvalue weighted by atomic mass is 9.71. The molecule has 1 heterocycles. The first-order valence-corrected chi connectivity index (χ1v) is 13.6. The van der Waals surface area contributed by atoms with Crippen LogP contribution >= 0.6 is 23.2 Å².